The summed E-state index contributed by atoms with van der Waals surface area (Å²) in [5.74, 6) is -0.179. The van der Waals surface area contributed by atoms with Gasteiger partial charge in [0, 0.05) is 9.58 Å². The normalized spacial score (nSPS) is 12.9. The summed E-state index contributed by atoms with van der Waals surface area (Å²) in [5, 5.41) is 4.48. The Bertz CT molecular complexity index is 544. The van der Waals surface area contributed by atoms with Crippen LogP contribution >= 0.6 is 11.3 Å². The summed E-state index contributed by atoms with van der Waals surface area (Å²) in [6, 6.07) is 7.20. The van der Waals surface area contributed by atoms with Gasteiger partial charge in [0.2, 0.25) is 0 Å². The summed E-state index contributed by atoms with van der Waals surface area (Å²) in [6.07, 6.45) is 0. The minimum atomic E-state index is -0.179. The molecule has 0 spiro atoms. The molecule has 1 atom stereocenters. The van der Waals surface area contributed by atoms with Gasteiger partial charge in [-0.1, -0.05) is 25.1 Å². The molecule has 1 aromatic heterocycles. The Balaban J connectivity index is 2.43. The van der Waals surface area contributed by atoms with E-state index in [1.165, 1.54) is 10.9 Å². The van der Waals surface area contributed by atoms with Crippen LogP contribution in [0.3, 0.4) is 0 Å². The Hall–Kier alpha value is -1.19. The van der Waals surface area contributed by atoms with Crippen molar-refractivity contribution in [1.29, 1.82) is 0 Å². The molecule has 3 heteroatoms. The molecule has 1 aromatic carbocycles. The maximum Gasteiger partial charge on any atom is 0.124 e. The van der Waals surface area contributed by atoms with Crippen LogP contribution in [-0.4, -0.2) is 6.54 Å². The zero-order valence-corrected chi connectivity index (χ0v) is 10.9. The lowest BCUT2D eigenvalue weighted by atomic mass is 10.1. The van der Waals surface area contributed by atoms with Crippen LogP contribution in [0.5, 0.6) is 0 Å². The first-order chi connectivity index (χ1) is 8.11. The second kappa shape index (κ2) is 4.98. The quantitative estimate of drug-likeness (QED) is 0.798. The molecule has 1 heterocycles. The van der Waals surface area contributed by atoms with Gasteiger partial charge in [0.25, 0.3) is 0 Å². The molecule has 0 bridgehead atoms. The lowest BCUT2D eigenvalue weighted by Gasteiger charge is -2.15. The fourth-order valence-electron chi connectivity index (χ4n) is 1.89. The molecule has 0 fully saturated rings. The highest BCUT2D eigenvalue weighted by atomic mass is 32.1. The predicted octanol–water partition coefficient (Wildman–Crippen LogP) is 4.27. The number of thiophene rings is 1. The second-order valence-electron chi connectivity index (χ2n) is 4.17. The van der Waals surface area contributed by atoms with E-state index in [2.05, 4.69) is 24.9 Å². The molecule has 2 aromatic rings. The summed E-state index contributed by atoms with van der Waals surface area (Å²) < 4.78 is 14.1. The molecule has 0 aliphatic carbocycles. The third kappa shape index (κ3) is 2.56. The van der Waals surface area contributed by atoms with Gasteiger partial charge >= 0.3 is 0 Å². The van der Waals surface area contributed by atoms with Gasteiger partial charge in [0.15, 0.2) is 0 Å². The average molecular weight is 249 g/mol. The molecule has 1 N–H and O–H groups in total. The SMILES string of the molecule is C=C(C)C(NCC)c1cc2ccc(F)cc2s1. The van der Waals surface area contributed by atoms with E-state index >= 15 is 0 Å². The Kier molecular flexibility index (Phi) is 3.60. The zero-order chi connectivity index (χ0) is 12.4. The number of nitrogens with one attached hydrogen (secondary N) is 1. The Morgan fingerprint density at radius 1 is 1.47 bits per heavy atom. The van der Waals surface area contributed by atoms with Crippen LogP contribution in [0.15, 0.2) is 36.4 Å². The lowest BCUT2D eigenvalue weighted by molar-refractivity contribution is 0.630. The van der Waals surface area contributed by atoms with Crippen LogP contribution in [-0.2, 0) is 0 Å². The average Bonchev–Trinajstić information content (AvgIpc) is 2.67. The monoisotopic (exact) mass is 249 g/mol. The van der Waals surface area contributed by atoms with Crippen molar-refractivity contribution in [3.05, 3.63) is 47.1 Å². The van der Waals surface area contributed by atoms with Crippen molar-refractivity contribution in [1.82, 2.24) is 5.32 Å². The molecule has 90 valence electrons. The van der Waals surface area contributed by atoms with Crippen LogP contribution in [0.25, 0.3) is 10.1 Å². The first-order valence-corrected chi connectivity index (χ1v) is 6.51. The van der Waals surface area contributed by atoms with Crippen molar-refractivity contribution in [2.45, 2.75) is 19.9 Å². The van der Waals surface area contributed by atoms with Crippen molar-refractivity contribution in [3.8, 4) is 0 Å². The molecular formula is C14H16FNS. The Morgan fingerprint density at radius 2 is 2.24 bits per heavy atom. The zero-order valence-electron chi connectivity index (χ0n) is 10.1. The molecule has 1 unspecified atom stereocenters. The van der Waals surface area contributed by atoms with Gasteiger partial charge in [-0.15, -0.1) is 11.3 Å². The summed E-state index contributed by atoms with van der Waals surface area (Å²) in [6.45, 7) is 8.98. The Labute approximate surface area is 105 Å². The standard InChI is InChI=1S/C14H16FNS/c1-4-16-14(9(2)3)13-7-10-5-6-11(15)8-12(10)17-13/h5-8,14,16H,2,4H2,1,3H3. The van der Waals surface area contributed by atoms with Gasteiger partial charge in [0.05, 0.1) is 6.04 Å². The van der Waals surface area contributed by atoms with E-state index in [4.69, 9.17) is 0 Å². The van der Waals surface area contributed by atoms with Crippen molar-refractivity contribution < 1.29 is 4.39 Å². The largest absolute Gasteiger partial charge is 0.306 e. The van der Waals surface area contributed by atoms with Crippen molar-refractivity contribution >= 4 is 21.4 Å². The molecule has 0 saturated carbocycles. The van der Waals surface area contributed by atoms with Crippen LogP contribution in [0, 0.1) is 5.82 Å². The van der Waals surface area contributed by atoms with Gasteiger partial charge in [-0.05, 0) is 37.1 Å². The first kappa shape index (κ1) is 12.3. The van der Waals surface area contributed by atoms with Gasteiger partial charge in [-0.25, -0.2) is 4.39 Å². The molecule has 0 aliphatic heterocycles. The number of fused-ring (bicyclic) bond motifs is 1. The lowest BCUT2D eigenvalue weighted by Crippen LogP contribution is -2.20. The Morgan fingerprint density at radius 3 is 2.88 bits per heavy atom. The molecule has 1 nitrogen and oxygen atoms in total. The van der Waals surface area contributed by atoms with Gasteiger partial charge in [0.1, 0.15) is 5.82 Å². The number of hydrogen-bond acceptors (Lipinski definition) is 2. The van der Waals surface area contributed by atoms with E-state index in [-0.39, 0.29) is 11.9 Å². The topological polar surface area (TPSA) is 12.0 Å². The van der Waals surface area contributed by atoms with E-state index < -0.39 is 0 Å². The first-order valence-electron chi connectivity index (χ1n) is 5.69. The molecule has 0 amide bonds. The van der Waals surface area contributed by atoms with Crippen molar-refractivity contribution in [3.63, 3.8) is 0 Å². The number of likely N-dealkylation sites (N-methyl/N-ethyl adjacent to an activating group) is 1. The van der Waals surface area contributed by atoms with Crippen LogP contribution in [0.1, 0.15) is 24.8 Å². The van der Waals surface area contributed by atoms with Crippen molar-refractivity contribution in [2.75, 3.05) is 6.54 Å². The minimum Gasteiger partial charge on any atom is -0.306 e. The van der Waals surface area contributed by atoms with E-state index in [1.54, 1.807) is 17.4 Å². The van der Waals surface area contributed by atoms with E-state index in [1.807, 2.05) is 13.0 Å². The van der Waals surface area contributed by atoms with Gasteiger partial charge in [-0.3, -0.25) is 0 Å². The van der Waals surface area contributed by atoms with Crippen molar-refractivity contribution in [2.24, 2.45) is 0 Å². The highest BCUT2D eigenvalue weighted by molar-refractivity contribution is 7.19. The van der Waals surface area contributed by atoms with E-state index in [0.29, 0.717) is 0 Å². The second-order valence-corrected chi connectivity index (χ2v) is 5.28. The highest BCUT2D eigenvalue weighted by Gasteiger charge is 2.14. The predicted molar refractivity (Wildman–Crippen MR) is 73.0 cm³/mol. The molecule has 17 heavy (non-hydrogen) atoms. The summed E-state index contributed by atoms with van der Waals surface area (Å²) >= 11 is 1.62. The number of benzene rings is 1. The van der Waals surface area contributed by atoms with E-state index in [0.717, 1.165) is 22.2 Å². The maximum absolute atomic E-state index is 13.1. The summed E-state index contributed by atoms with van der Waals surface area (Å²) in [7, 11) is 0. The van der Waals surface area contributed by atoms with Crippen LogP contribution in [0.2, 0.25) is 0 Å². The third-order valence-electron chi connectivity index (χ3n) is 2.69. The molecular weight excluding hydrogens is 233 g/mol. The number of hydrogen-bond donors (Lipinski definition) is 1. The summed E-state index contributed by atoms with van der Waals surface area (Å²) in [5.41, 5.74) is 1.08. The highest BCUT2D eigenvalue weighted by Crippen LogP contribution is 2.32. The molecule has 0 radical (unpaired) electrons. The molecule has 0 saturated heterocycles. The third-order valence-corrected chi connectivity index (χ3v) is 3.85. The number of rotatable bonds is 4. The maximum atomic E-state index is 13.1. The molecule has 0 aliphatic rings. The minimum absolute atomic E-state index is 0.167. The summed E-state index contributed by atoms with van der Waals surface area (Å²) in [4.78, 5) is 1.19. The van der Waals surface area contributed by atoms with Crippen LogP contribution < -0.4 is 5.32 Å². The smallest absolute Gasteiger partial charge is 0.124 e. The fourth-order valence-corrected chi connectivity index (χ4v) is 3.15. The fraction of sp³-hybridized carbons (Fsp3) is 0.286. The van der Waals surface area contributed by atoms with E-state index in [9.17, 15) is 4.39 Å². The molecule has 2 rings (SSSR count). The van der Waals surface area contributed by atoms with Gasteiger partial charge < -0.3 is 5.32 Å². The van der Waals surface area contributed by atoms with Gasteiger partial charge in [-0.2, -0.15) is 0 Å². The number of halogens is 1. The van der Waals surface area contributed by atoms with Crippen LogP contribution in [0.4, 0.5) is 4.39 Å².